The Balaban J connectivity index is 2.28. The lowest BCUT2D eigenvalue weighted by Gasteiger charge is -2.33. The van der Waals surface area contributed by atoms with Crippen LogP contribution in [0.3, 0.4) is 0 Å². The molecule has 0 unspecified atom stereocenters. The number of aryl methyl sites for hydroxylation is 2. The highest BCUT2D eigenvalue weighted by atomic mass is 35.5. The van der Waals surface area contributed by atoms with Gasteiger partial charge in [0.2, 0.25) is 21.8 Å². The van der Waals surface area contributed by atoms with Crippen LogP contribution in [0.5, 0.6) is 0 Å². The van der Waals surface area contributed by atoms with E-state index in [4.69, 9.17) is 11.6 Å². The molecule has 0 aliphatic heterocycles. The summed E-state index contributed by atoms with van der Waals surface area (Å²) >= 11 is 6.38. The first-order chi connectivity index (χ1) is 17.1. The molecule has 0 aliphatic carbocycles. The number of amides is 2. The van der Waals surface area contributed by atoms with Gasteiger partial charge >= 0.3 is 0 Å². The van der Waals surface area contributed by atoms with Crippen LogP contribution in [0.4, 0.5) is 5.69 Å². The molecule has 204 valence electrons. The number of nitrogens with one attached hydrogen (secondary N) is 1. The number of benzene rings is 2. The minimum Gasteiger partial charge on any atom is -0.350 e. The molecule has 1 atom stereocenters. The molecule has 0 saturated heterocycles. The van der Waals surface area contributed by atoms with Crippen molar-refractivity contribution in [3.63, 3.8) is 0 Å². The van der Waals surface area contributed by atoms with Gasteiger partial charge in [0.1, 0.15) is 6.04 Å². The summed E-state index contributed by atoms with van der Waals surface area (Å²) < 4.78 is 26.5. The number of hydrogen-bond donors (Lipinski definition) is 1. The fourth-order valence-corrected chi connectivity index (χ4v) is 5.43. The summed E-state index contributed by atoms with van der Waals surface area (Å²) in [5, 5.41) is 3.50. The maximum absolute atomic E-state index is 13.5. The zero-order valence-electron chi connectivity index (χ0n) is 23.0. The maximum Gasteiger partial charge on any atom is 0.243 e. The van der Waals surface area contributed by atoms with Crippen LogP contribution < -0.4 is 9.62 Å². The Kier molecular flexibility index (Phi) is 10.6. The molecule has 2 aromatic carbocycles. The number of halogens is 1. The van der Waals surface area contributed by atoms with Gasteiger partial charge < -0.3 is 10.2 Å². The second-order valence-electron chi connectivity index (χ2n) is 10.6. The average molecular weight is 550 g/mol. The van der Waals surface area contributed by atoms with Gasteiger partial charge in [-0.2, -0.15) is 0 Å². The highest BCUT2D eigenvalue weighted by Gasteiger charge is 2.31. The van der Waals surface area contributed by atoms with Crippen LogP contribution >= 0.6 is 11.6 Å². The molecule has 9 heteroatoms. The predicted molar refractivity (Wildman–Crippen MR) is 151 cm³/mol. The van der Waals surface area contributed by atoms with Gasteiger partial charge in [0.15, 0.2) is 0 Å². The lowest BCUT2D eigenvalue weighted by molar-refractivity contribution is -0.142. The topological polar surface area (TPSA) is 86.8 Å². The van der Waals surface area contributed by atoms with Crippen LogP contribution in [0, 0.1) is 13.8 Å². The van der Waals surface area contributed by atoms with Crippen molar-refractivity contribution in [1.29, 1.82) is 0 Å². The van der Waals surface area contributed by atoms with E-state index in [-0.39, 0.29) is 31.3 Å². The predicted octanol–water partition coefficient (Wildman–Crippen LogP) is 5.23. The highest BCUT2D eigenvalue weighted by molar-refractivity contribution is 7.92. The van der Waals surface area contributed by atoms with E-state index < -0.39 is 21.6 Å². The molecule has 0 saturated carbocycles. The van der Waals surface area contributed by atoms with Crippen LogP contribution in [0.2, 0.25) is 5.02 Å². The van der Waals surface area contributed by atoms with Gasteiger partial charge in [0.05, 0.1) is 11.9 Å². The lowest BCUT2D eigenvalue weighted by atomic mass is 10.0. The Morgan fingerprint density at radius 1 is 1.05 bits per heavy atom. The van der Waals surface area contributed by atoms with Crippen molar-refractivity contribution >= 4 is 39.1 Å². The molecule has 2 rings (SSSR count). The average Bonchev–Trinajstić information content (AvgIpc) is 2.74. The molecular formula is C28H40ClN3O4S. The summed E-state index contributed by atoms with van der Waals surface area (Å²) in [5.41, 5.74) is 2.79. The van der Waals surface area contributed by atoms with Gasteiger partial charge in [0.25, 0.3) is 0 Å². The highest BCUT2D eigenvalue weighted by Crippen LogP contribution is 2.24. The molecular weight excluding hydrogens is 510 g/mol. The molecule has 0 spiro atoms. The minimum atomic E-state index is -3.55. The van der Waals surface area contributed by atoms with E-state index in [0.717, 1.165) is 16.7 Å². The number of anilines is 1. The van der Waals surface area contributed by atoms with E-state index in [1.54, 1.807) is 11.0 Å². The van der Waals surface area contributed by atoms with Crippen molar-refractivity contribution < 1.29 is 18.0 Å². The Bertz CT molecular complexity index is 1190. The second kappa shape index (κ2) is 12.8. The normalized spacial score (nSPS) is 12.6. The van der Waals surface area contributed by atoms with E-state index >= 15 is 0 Å². The Morgan fingerprint density at radius 2 is 1.65 bits per heavy atom. The van der Waals surface area contributed by atoms with Crippen LogP contribution in [0.25, 0.3) is 0 Å². The van der Waals surface area contributed by atoms with E-state index in [1.807, 2.05) is 77.9 Å². The number of nitrogens with zero attached hydrogens (tertiary/aromatic N) is 2. The summed E-state index contributed by atoms with van der Waals surface area (Å²) in [6.07, 6.45) is 1.98. The molecule has 7 nitrogen and oxygen atoms in total. The zero-order chi connectivity index (χ0) is 28.0. The molecule has 0 fully saturated rings. The van der Waals surface area contributed by atoms with Crippen molar-refractivity contribution in [1.82, 2.24) is 10.2 Å². The first-order valence-corrected chi connectivity index (χ1v) is 14.8. The molecule has 0 radical (unpaired) electrons. The quantitative estimate of drug-likeness (QED) is 0.416. The van der Waals surface area contributed by atoms with Crippen molar-refractivity contribution in [3.05, 3.63) is 64.2 Å². The van der Waals surface area contributed by atoms with Crippen LogP contribution in [0.1, 0.15) is 63.6 Å². The third-order valence-corrected chi connectivity index (χ3v) is 7.39. The van der Waals surface area contributed by atoms with Gasteiger partial charge in [-0.25, -0.2) is 8.42 Å². The molecule has 37 heavy (non-hydrogen) atoms. The van der Waals surface area contributed by atoms with Crippen molar-refractivity contribution in [2.45, 2.75) is 78.9 Å². The molecule has 2 aromatic rings. The number of rotatable bonds is 11. The van der Waals surface area contributed by atoms with Crippen molar-refractivity contribution in [3.8, 4) is 0 Å². The lowest BCUT2D eigenvalue weighted by Crippen LogP contribution is -2.53. The van der Waals surface area contributed by atoms with Gasteiger partial charge in [-0.05, 0) is 82.3 Å². The van der Waals surface area contributed by atoms with Crippen molar-refractivity contribution in [2.24, 2.45) is 0 Å². The van der Waals surface area contributed by atoms with E-state index in [0.29, 0.717) is 23.6 Å². The summed E-state index contributed by atoms with van der Waals surface area (Å²) in [7, 11) is -3.55. The van der Waals surface area contributed by atoms with Crippen molar-refractivity contribution in [2.75, 3.05) is 17.1 Å². The van der Waals surface area contributed by atoms with E-state index in [9.17, 15) is 18.0 Å². The fraction of sp³-hybridized carbons (Fsp3) is 0.500. The minimum absolute atomic E-state index is 0.0839. The first-order valence-electron chi connectivity index (χ1n) is 12.5. The molecule has 0 heterocycles. The fourth-order valence-electron chi connectivity index (χ4n) is 4.28. The molecule has 0 aromatic heterocycles. The number of hydrogen-bond acceptors (Lipinski definition) is 4. The van der Waals surface area contributed by atoms with Crippen LogP contribution in [0.15, 0.2) is 42.5 Å². The first kappa shape index (κ1) is 30.6. The number of carbonyl (C=O) groups excluding carboxylic acids is 2. The Labute approximate surface area is 227 Å². The zero-order valence-corrected chi connectivity index (χ0v) is 24.5. The van der Waals surface area contributed by atoms with E-state index in [1.165, 1.54) is 10.6 Å². The molecule has 0 bridgehead atoms. The van der Waals surface area contributed by atoms with Gasteiger partial charge in [-0.3, -0.25) is 13.9 Å². The van der Waals surface area contributed by atoms with Crippen LogP contribution in [-0.2, 0) is 26.2 Å². The number of carbonyl (C=O) groups is 2. The molecule has 2 amide bonds. The summed E-state index contributed by atoms with van der Waals surface area (Å²) in [5.74, 6) is -0.465. The van der Waals surface area contributed by atoms with Gasteiger partial charge in [-0.1, -0.05) is 42.8 Å². The Hall–Kier alpha value is -2.58. The second-order valence-corrected chi connectivity index (χ2v) is 12.9. The maximum atomic E-state index is 13.5. The largest absolute Gasteiger partial charge is 0.350 e. The summed E-state index contributed by atoms with van der Waals surface area (Å²) in [4.78, 5) is 28.2. The smallest absolute Gasteiger partial charge is 0.243 e. The standard InChI is InChI=1S/C28H40ClN3O4S/c1-8-25(27(34)30-28(4,5)6)31(19-22-12-9-10-13-24(22)29)26(33)14-11-15-32(37(7,35)36)23-17-20(2)16-21(3)18-23/h9-10,12-13,16-18,25H,8,11,14-15,19H2,1-7H3,(H,30,34)/t25-/m1/s1. The SMILES string of the molecule is CC[C@H](C(=O)NC(C)(C)C)N(Cc1ccccc1Cl)C(=O)CCCN(c1cc(C)cc(C)c1)S(C)(=O)=O. The Morgan fingerprint density at radius 3 is 2.16 bits per heavy atom. The summed E-state index contributed by atoms with van der Waals surface area (Å²) in [6.45, 7) is 11.7. The summed E-state index contributed by atoms with van der Waals surface area (Å²) in [6, 6.07) is 12.2. The van der Waals surface area contributed by atoms with Gasteiger partial charge in [-0.15, -0.1) is 0 Å². The van der Waals surface area contributed by atoms with Gasteiger partial charge in [0, 0.05) is 30.1 Å². The monoisotopic (exact) mass is 549 g/mol. The third-order valence-electron chi connectivity index (χ3n) is 5.83. The third kappa shape index (κ3) is 9.34. The number of sulfonamides is 1. The molecule has 1 N–H and O–H groups in total. The molecule has 0 aliphatic rings. The van der Waals surface area contributed by atoms with E-state index in [2.05, 4.69) is 5.32 Å². The van der Waals surface area contributed by atoms with Crippen LogP contribution in [-0.4, -0.2) is 49.5 Å².